The number of rotatable bonds is 4. The lowest BCUT2D eigenvalue weighted by Crippen LogP contribution is -1.89. The van der Waals surface area contributed by atoms with Gasteiger partial charge in [-0.1, -0.05) is 35.1 Å². The second-order valence-electron chi connectivity index (χ2n) is 5.83. The summed E-state index contributed by atoms with van der Waals surface area (Å²) in [6.45, 7) is 4.24. The highest BCUT2D eigenvalue weighted by molar-refractivity contribution is 7.98. The molecule has 0 saturated heterocycles. The first-order chi connectivity index (χ1) is 12.1. The summed E-state index contributed by atoms with van der Waals surface area (Å²) in [5.74, 6) is 0. The number of nitrogens with zero attached hydrogens (tertiary/aromatic N) is 2. The first-order valence-corrected chi connectivity index (χ1v) is 10.8. The van der Waals surface area contributed by atoms with Crippen molar-refractivity contribution < 1.29 is 0 Å². The minimum Gasteiger partial charge on any atom is -0.307 e. The number of thiazole rings is 2. The van der Waals surface area contributed by atoms with E-state index in [0.29, 0.717) is 0 Å². The van der Waals surface area contributed by atoms with Crippen LogP contribution in [0.5, 0.6) is 0 Å². The van der Waals surface area contributed by atoms with E-state index in [1.165, 1.54) is 26.3 Å². The number of anilines is 2. The number of thioether (sulfide) groups is 1. The minimum atomic E-state index is 0.874. The van der Waals surface area contributed by atoms with E-state index in [9.17, 15) is 0 Å². The van der Waals surface area contributed by atoms with Crippen molar-refractivity contribution in [2.75, 3.05) is 11.6 Å². The molecule has 126 valence electrons. The molecule has 1 N–H and O–H groups in total. The van der Waals surface area contributed by atoms with Crippen LogP contribution in [0, 0.1) is 13.8 Å². The van der Waals surface area contributed by atoms with E-state index >= 15 is 0 Å². The largest absolute Gasteiger partial charge is 0.307 e. The molecule has 0 spiro atoms. The van der Waals surface area contributed by atoms with Crippen LogP contribution in [-0.4, -0.2) is 16.2 Å². The van der Waals surface area contributed by atoms with Crippen molar-refractivity contribution in [2.24, 2.45) is 0 Å². The van der Waals surface area contributed by atoms with Crippen molar-refractivity contribution >= 4 is 54.9 Å². The zero-order chi connectivity index (χ0) is 17.4. The van der Waals surface area contributed by atoms with Crippen LogP contribution in [0.1, 0.15) is 11.1 Å². The molecule has 0 atom stereocenters. The topological polar surface area (TPSA) is 37.8 Å². The van der Waals surface area contributed by atoms with Crippen molar-refractivity contribution in [3.05, 3.63) is 52.9 Å². The van der Waals surface area contributed by atoms with Gasteiger partial charge in [0.25, 0.3) is 0 Å². The van der Waals surface area contributed by atoms with Gasteiger partial charge in [0, 0.05) is 15.8 Å². The second-order valence-corrected chi connectivity index (χ2v) is 8.60. The summed E-state index contributed by atoms with van der Waals surface area (Å²) in [5.41, 5.74) is 5.74. The monoisotopic (exact) mass is 383 g/mol. The minimum absolute atomic E-state index is 0.874. The number of hydrogen-bond donors (Lipinski definition) is 1. The maximum atomic E-state index is 4.74. The fourth-order valence-electron chi connectivity index (χ4n) is 2.73. The zero-order valence-corrected chi connectivity index (χ0v) is 16.6. The molecule has 2 aromatic carbocycles. The third-order valence-electron chi connectivity index (χ3n) is 3.97. The van der Waals surface area contributed by atoms with Gasteiger partial charge in [-0.25, -0.2) is 9.97 Å². The first-order valence-electron chi connectivity index (χ1n) is 7.87. The Hall–Kier alpha value is -1.89. The molecule has 0 saturated carbocycles. The summed E-state index contributed by atoms with van der Waals surface area (Å²) in [6.07, 6.45) is 2.09. The predicted molar refractivity (Wildman–Crippen MR) is 112 cm³/mol. The Morgan fingerprint density at radius 2 is 1.88 bits per heavy atom. The Bertz CT molecular complexity index is 1050. The van der Waals surface area contributed by atoms with Gasteiger partial charge in [-0.2, -0.15) is 0 Å². The summed E-state index contributed by atoms with van der Waals surface area (Å²) >= 11 is 5.02. The molecule has 0 bridgehead atoms. The number of fused-ring (bicyclic) bond motifs is 1. The molecule has 0 amide bonds. The molecule has 4 aromatic rings. The van der Waals surface area contributed by atoms with E-state index in [0.717, 1.165) is 21.5 Å². The lowest BCUT2D eigenvalue weighted by atomic mass is 10.0. The van der Waals surface area contributed by atoms with Crippen molar-refractivity contribution in [1.82, 2.24) is 9.97 Å². The maximum Gasteiger partial charge on any atom is 0.190 e. The SMILES string of the molecule is CSc1ccc2nc(Nc3nc(-c4ccc(C)cc4C)cs3)sc2c1. The maximum absolute atomic E-state index is 4.74. The Labute approximate surface area is 159 Å². The lowest BCUT2D eigenvalue weighted by molar-refractivity contribution is 1.32. The van der Waals surface area contributed by atoms with Crippen molar-refractivity contribution in [1.29, 1.82) is 0 Å². The standard InChI is InChI=1S/C19H17N3S3/c1-11-4-6-14(12(2)8-11)16-10-24-18(21-16)22-19-20-15-7-5-13(23-3)9-17(15)25-19/h4-10H,1-3H3,(H,20,21,22). The number of nitrogens with one attached hydrogen (secondary N) is 1. The molecule has 2 aromatic heterocycles. The lowest BCUT2D eigenvalue weighted by Gasteiger charge is -2.03. The van der Waals surface area contributed by atoms with Gasteiger partial charge in [0.05, 0.1) is 15.9 Å². The van der Waals surface area contributed by atoms with E-state index in [1.807, 2.05) is 0 Å². The van der Waals surface area contributed by atoms with Crippen molar-refractivity contribution in [2.45, 2.75) is 18.7 Å². The molecule has 0 unspecified atom stereocenters. The molecular formula is C19H17N3S3. The average Bonchev–Trinajstić information content (AvgIpc) is 3.20. The summed E-state index contributed by atoms with van der Waals surface area (Å²) in [6, 6.07) is 12.8. The summed E-state index contributed by atoms with van der Waals surface area (Å²) in [7, 11) is 0. The highest BCUT2D eigenvalue weighted by atomic mass is 32.2. The van der Waals surface area contributed by atoms with Gasteiger partial charge in [-0.15, -0.1) is 23.1 Å². The third-order valence-corrected chi connectivity index (χ3v) is 6.39. The molecule has 0 aliphatic carbocycles. The quantitative estimate of drug-likeness (QED) is 0.408. The Kier molecular flexibility index (Phi) is 4.50. The van der Waals surface area contributed by atoms with Crippen LogP contribution < -0.4 is 5.32 Å². The Balaban J connectivity index is 1.60. The highest BCUT2D eigenvalue weighted by Crippen LogP contribution is 2.33. The Morgan fingerprint density at radius 3 is 2.68 bits per heavy atom. The number of hydrogen-bond acceptors (Lipinski definition) is 6. The van der Waals surface area contributed by atoms with Gasteiger partial charge in [-0.05, 0) is 43.9 Å². The fraction of sp³-hybridized carbons (Fsp3) is 0.158. The molecular weight excluding hydrogens is 366 g/mol. The van der Waals surface area contributed by atoms with E-state index in [-0.39, 0.29) is 0 Å². The van der Waals surface area contributed by atoms with Crippen molar-refractivity contribution in [3.8, 4) is 11.3 Å². The van der Waals surface area contributed by atoms with Gasteiger partial charge in [0.15, 0.2) is 10.3 Å². The highest BCUT2D eigenvalue weighted by Gasteiger charge is 2.10. The van der Waals surface area contributed by atoms with E-state index in [2.05, 4.69) is 72.2 Å². The normalized spacial score (nSPS) is 11.2. The number of benzene rings is 2. The van der Waals surface area contributed by atoms with Gasteiger partial charge >= 0.3 is 0 Å². The van der Waals surface area contributed by atoms with E-state index in [4.69, 9.17) is 4.98 Å². The van der Waals surface area contributed by atoms with Crippen LogP contribution in [0.15, 0.2) is 46.7 Å². The second kappa shape index (κ2) is 6.78. The predicted octanol–water partition coefficient (Wildman–Crippen LogP) is 6.50. The van der Waals surface area contributed by atoms with Crippen LogP contribution in [0.4, 0.5) is 10.3 Å². The molecule has 3 nitrogen and oxygen atoms in total. The molecule has 6 heteroatoms. The molecule has 0 aliphatic heterocycles. The zero-order valence-electron chi connectivity index (χ0n) is 14.2. The summed E-state index contributed by atoms with van der Waals surface area (Å²) in [5, 5.41) is 7.21. The molecule has 25 heavy (non-hydrogen) atoms. The van der Waals surface area contributed by atoms with Crippen LogP contribution in [-0.2, 0) is 0 Å². The summed E-state index contributed by atoms with van der Waals surface area (Å²) in [4.78, 5) is 10.7. The fourth-order valence-corrected chi connectivity index (χ4v) is 4.93. The number of aromatic nitrogens is 2. The molecule has 0 fully saturated rings. The van der Waals surface area contributed by atoms with Crippen LogP contribution in [0.25, 0.3) is 21.5 Å². The smallest absolute Gasteiger partial charge is 0.190 e. The van der Waals surface area contributed by atoms with E-state index < -0.39 is 0 Å². The summed E-state index contributed by atoms with van der Waals surface area (Å²) < 4.78 is 1.19. The third kappa shape index (κ3) is 3.42. The van der Waals surface area contributed by atoms with Crippen molar-refractivity contribution in [3.63, 3.8) is 0 Å². The van der Waals surface area contributed by atoms with Gasteiger partial charge < -0.3 is 5.32 Å². The van der Waals surface area contributed by atoms with Crippen LogP contribution in [0.2, 0.25) is 0 Å². The van der Waals surface area contributed by atoms with Crippen LogP contribution >= 0.6 is 34.4 Å². The van der Waals surface area contributed by atoms with Gasteiger partial charge in [-0.3, -0.25) is 0 Å². The van der Waals surface area contributed by atoms with Gasteiger partial charge in [0.2, 0.25) is 0 Å². The first kappa shape index (κ1) is 16.6. The van der Waals surface area contributed by atoms with Crippen LogP contribution in [0.3, 0.4) is 0 Å². The molecule has 0 aliphatic rings. The molecule has 2 heterocycles. The number of aryl methyl sites for hydroxylation is 2. The Morgan fingerprint density at radius 1 is 1.00 bits per heavy atom. The van der Waals surface area contributed by atoms with E-state index in [1.54, 1.807) is 34.4 Å². The molecule has 4 rings (SSSR count). The molecule has 0 radical (unpaired) electrons. The van der Waals surface area contributed by atoms with Gasteiger partial charge in [0.1, 0.15) is 0 Å². The average molecular weight is 384 g/mol.